The van der Waals surface area contributed by atoms with Gasteiger partial charge in [0.25, 0.3) is 0 Å². The summed E-state index contributed by atoms with van der Waals surface area (Å²) in [5, 5.41) is 7.26. The number of nitrogens with one attached hydrogen (secondary N) is 1. The van der Waals surface area contributed by atoms with E-state index < -0.39 is 5.41 Å². The van der Waals surface area contributed by atoms with Crippen LogP contribution in [0.1, 0.15) is 42.9 Å². The molecule has 1 aliphatic carbocycles. The zero-order valence-corrected chi connectivity index (χ0v) is 18.9. The van der Waals surface area contributed by atoms with Crippen LogP contribution in [-0.4, -0.2) is 11.9 Å². The Labute approximate surface area is 192 Å². The number of allylic oxidation sites excluding steroid dienone is 1. The smallest absolute Gasteiger partial charge is 0.243 e. The van der Waals surface area contributed by atoms with Crippen molar-refractivity contribution in [3.8, 4) is 0 Å². The Kier molecular flexibility index (Phi) is 6.85. The zero-order chi connectivity index (χ0) is 22.6. The summed E-state index contributed by atoms with van der Waals surface area (Å²) in [6.07, 6.45) is 7.11. The number of hydrogen-bond acceptors (Lipinski definition) is 2. The van der Waals surface area contributed by atoms with Crippen LogP contribution in [-0.2, 0) is 16.6 Å². The van der Waals surface area contributed by atoms with E-state index in [2.05, 4.69) is 22.1 Å². The number of hydrogen-bond donors (Lipinski definition) is 1. The maximum atomic E-state index is 13.9. The Balaban J connectivity index is 1.40. The van der Waals surface area contributed by atoms with E-state index in [1.165, 1.54) is 29.8 Å². The molecule has 0 radical (unpaired) electrons. The van der Waals surface area contributed by atoms with Crippen molar-refractivity contribution in [1.29, 1.82) is 0 Å². The number of aryl methyl sites for hydroxylation is 1. The van der Waals surface area contributed by atoms with Gasteiger partial charge in [-0.25, -0.2) is 8.78 Å². The fraction of sp³-hybridized carbons (Fsp3) is 0.296. The van der Waals surface area contributed by atoms with Crippen LogP contribution in [0.4, 0.5) is 8.78 Å². The van der Waals surface area contributed by atoms with E-state index in [9.17, 15) is 13.6 Å². The number of benzene rings is 2. The first-order chi connectivity index (χ1) is 15.5. The molecule has 0 unspecified atom stereocenters. The summed E-state index contributed by atoms with van der Waals surface area (Å²) in [7, 11) is 0. The van der Waals surface area contributed by atoms with Crippen molar-refractivity contribution in [2.24, 2.45) is 5.92 Å². The quantitative estimate of drug-likeness (QED) is 0.374. The highest BCUT2D eigenvalue weighted by Crippen LogP contribution is 2.59. The van der Waals surface area contributed by atoms with Crippen molar-refractivity contribution in [3.05, 3.63) is 106 Å². The van der Waals surface area contributed by atoms with Crippen LogP contribution in [0.15, 0.2) is 77.5 Å². The van der Waals surface area contributed by atoms with E-state index in [0.717, 1.165) is 30.4 Å². The van der Waals surface area contributed by atoms with Gasteiger partial charge in [-0.15, -0.1) is 0 Å². The molecular weight excluding hydrogens is 424 g/mol. The summed E-state index contributed by atoms with van der Waals surface area (Å²) in [5.41, 5.74) is 2.45. The van der Waals surface area contributed by atoms with Gasteiger partial charge in [0.1, 0.15) is 11.6 Å². The molecule has 2 aromatic carbocycles. The van der Waals surface area contributed by atoms with Gasteiger partial charge in [-0.3, -0.25) is 4.79 Å². The summed E-state index contributed by atoms with van der Waals surface area (Å²) < 4.78 is 27.9. The van der Waals surface area contributed by atoms with Crippen molar-refractivity contribution in [2.75, 3.05) is 0 Å². The summed E-state index contributed by atoms with van der Waals surface area (Å²) in [6, 6.07) is 15.1. The Morgan fingerprint density at radius 2 is 1.84 bits per heavy atom. The van der Waals surface area contributed by atoms with Crippen LogP contribution in [0.2, 0.25) is 0 Å². The van der Waals surface area contributed by atoms with Crippen LogP contribution >= 0.6 is 11.3 Å². The topological polar surface area (TPSA) is 29.1 Å². The van der Waals surface area contributed by atoms with Crippen molar-refractivity contribution in [1.82, 2.24) is 5.32 Å². The molecule has 0 bridgehead atoms. The minimum absolute atomic E-state index is 0.00532. The second kappa shape index (κ2) is 9.78. The lowest BCUT2D eigenvalue weighted by atomic mass is 9.85. The van der Waals surface area contributed by atoms with Crippen LogP contribution in [0.25, 0.3) is 0 Å². The van der Waals surface area contributed by atoms with Crippen molar-refractivity contribution >= 4 is 17.2 Å². The normalized spacial score (nSPS) is 17.9. The van der Waals surface area contributed by atoms with Crippen molar-refractivity contribution in [2.45, 2.75) is 44.1 Å². The van der Waals surface area contributed by atoms with Gasteiger partial charge in [-0.1, -0.05) is 30.3 Å². The highest BCUT2D eigenvalue weighted by atomic mass is 32.1. The number of carbonyl (C=O) groups is 1. The Morgan fingerprint density at radius 1 is 1.16 bits per heavy atom. The fourth-order valence-corrected chi connectivity index (χ4v) is 5.20. The lowest BCUT2D eigenvalue weighted by Gasteiger charge is -2.18. The maximum Gasteiger partial charge on any atom is 0.243 e. The Hall–Kier alpha value is -2.79. The molecule has 3 aromatic rings. The molecule has 166 valence electrons. The van der Waals surface area contributed by atoms with Gasteiger partial charge in [0.05, 0.1) is 0 Å². The average molecular weight is 452 g/mol. The maximum absolute atomic E-state index is 13.9. The lowest BCUT2D eigenvalue weighted by Crippen LogP contribution is -2.31. The average Bonchev–Trinajstić information content (AvgIpc) is 3.28. The molecule has 1 saturated carbocycles. The van der Waals surface area contributed by atoms with Crippen molar-refractivity contribution < 1.29 is 13.6 Å². The van der Waals surface area contributed by atoms with Gasteiger partial charge >= 0.3 is 0 Å². The molecule has 1 aromatic heterocycles. The minimum Gasteiger partial charge on any atom is -0.350 e. The van der Waals surface area contributed by atoms with Crippen molar-refractivity contribution in [3.63, 3.8) is 0 Å². The number of rotatable bonds is 9. The van der Waals surface area contributed by atoms with E-state index >= 15 is 0 Å². The first kappa shape index (κ1) is 22.4. The van der Waals surface area contributed by atoms with E-state index in [4.69, 9.17) is 0 Å². The van der Waals surface area contributed by atoms with Crippen LogP contribution in [0.5, 0.6) is 0 Å². The molecule has 2 nitrogen and oxygen atoms in total. The molecule has 1 N–H and O–H groups in total. The van der Waals surface area contributed by atoms with Gasteiger partial charge in [-0.2, -0.15) is 11.3 Å². The highest BCUT2D eigenvalue weighted by molar-refractivity contribution is 7.07. The largest absolute Gasteiger partial charge is 0.350 e. The van der Waals surface area contributed by atoms with Gasteiger partial charge < -0.3 is 5.32 Å². The van der Waals surface area contributed by atoms with Gasteiger partial charge in [0.2, 0.25) is 5.91 Å². The van der Waals surface area contributed by atoms with E-state index in [1.54, 1.807) is 29.5 Å². The summed E-state index contributed by atoms with van der Waals surface area (Å²) in [5.74, 6) is -0.762. The first-order valence-corrected chi connectivity index (χ1v) is 11.9. The monoisotopic (exact) mass is 451 g/mol. The van der Waals surface area contributed by atoms with Crippen LogP contribution in [0.3, 0.4) is 0 Å². The van der Waals surface area contributed by atoms with Gasteiger partial charge in [0, 0.05) is 11.5 Å². The third-order valence-corrected chi connectivity index (χ3v) is 6.98. The Morgan fingerprint density at radius 3 is 2.44 bits per heavy atom. The Bertz CT molecular complexity index is 1050. The first-order valence-electron chi connectivity index (χ1n) is 11.0. The molecule has 0 aliphatic heterocycles. The number of thiophene rings is 1. The summed E-state index contributed by atoms with van der Waals surface area (Å²) in [4.78, 5) is 12.5. The highest BCUT2D eigenvalue weighted by Gasteiger charge is 2.55. The molecule has 5 heteroatoms. The molecule has 4 rings (SSSR count). The predicted octanol–water partition coefficient (Wildman–Crippen LogP) is 6.42. The molecule has 1 heterocycles. The molecule has 0 saturated heterocycles. The van der Waals surface area contributed by atoms with Gasteiger partial charge in [0.15, 0.2) is 0 Å². The molecule has 32 heavy (non-hydrogen) atoms. The third-order valence-electron chi connectivity index (χ3n) is 6.25. The molecule has 1 amide bonds. The molecule has 1 fully saturated rings. The summed E-state index contributed by atoms with van der Waals surface area (Å²) in [6.45, 7) is 2.01. The molecule has 2 atom stereocenters. The second-order valence-corrected chi connectivity index (χ2v) is 9.38. The predicted molar refractivity (Wildman–Crippen MR) is 126 cm³/mol. The number of carbonyl (C=O) groups excluding carboxylic acids is 1. The molecular formula is C27H27F2NOS. The standard InChI is InChI=1S/C27H27F2NOS/c1-19(5-2-6-20-13-14-32-18-20)30-26(31)12-11-23-17-27(23,21-7-3-9-24(28)15-21)22-8-4-10-25(29)16-22/h3-4,7-16,18-19,23H,2,5-6,17H2,1H3,(H,30,31)/t19-,23-/m0/s1. The fourth-order valence-electron chi connectivity index (χ4n) is 4.50. The second-order valence-electron chi connectivity index (χ2n) is 8.60. The third kappa shape index (κ3) is 5.16. The van der Waals surface area contributed by atoms with Gasteiger partial charge in [-0.05, 0) is 102 Å². The minimum atomic E-state index is -0.507. The molecule has 0 spiro atoms. The zero-order valence-electron chi connectivity index (χ0n) is 18.1. The lowest BCUT2D eigenvalue weighted by molar-refractivity contribution is -0.117. The van der Waals surface area contributed by atoms with E-state index in [-0.39, 0.29) is 29.5 Å². The van der Waals surface area contributed by atoms with Crippen LogP contribution < -0.4 is 5.32 Å². The molecule has 1 aliphatic rings. The van der Waals surface area contributed by atoms with E-state index in [1.807, 2.05) is 25.1 Å². The van der Waals surface area contributed by atoms with E-state index in [0.29, 0.717) is 6.42 Å². The summed E-state index contributed by atoms with van der Waals surface area (Å²) >= 11 is 1.70. The van der Waals surface area contributed by atoms with Crippen LogP contribution in [0, 0.1) is 17.6 Å². The number of amides is 1. The number of halogens is 2. The SMILES string of the molecule is C[C@@H](CCCc1ccsc1)NC(=O)C=C[C@H]1CC1(c1cccc(F)c1)c1cccc(F)c1.